The van der Waals surface area contributed by atoms with Crippen molar-refractivity contribution in [3.8, 4) is 5.75 Å². The summed E-state index contributed by atoms with van der Waals surface area (Å²) in [5, 5.41) is 10.8. The van der Waals surface area contributed by atoms with E-state index in [1.54, 1.807) is 24.0 Å². The van der Waals surface area contributed by atoms with Crippen molar-refractivity contribution < 1.29 is 19.4 Å². The summed E-state index contributed by atoms with van der Waals surface area (Å²) >= 11 is 13.3. The van der Waals surface area contributed by atoms with Gasteiger partial charge in [-0.2, -0.15) is 0 Å². The molecule has 1 amide bonds. The number of halogens is 2. The fraction of sp³-hybridized carbons (Fsp3) is 0.478. The number of aryl methyl sites for hydroxylation is 1. The second-order valence-electron chi connectivity index (χ2n) is 8.26. The van der Waals surface area contributed by atoms with Crippen molar-refractivity contribution in [2.24, 2.45) is 0 Å². The topological polar surface area (TPSA) is 91.9 Å². The third kappa shape index (κ3) is 4.15. The highest BCUT2D eigenvalue weighted by Gasteiger charge is 2.35. The fourth-order valence-electron chi connectivity index (χ4n) is 4.62. The van der Waals surface area contributed by atoms with Gasteiger partial charge in [0.1, 0.15) is 5.75 Å². The third-order valence-corrected chi connectivity index (χ3v) is 7.03. The van der Waals surface area contributed by atoms with Crippen molar-refractivity contribution in [1.29, 1.82) is 0 Å². The molecule has 172 valence electrons. The van der Waals surface area contributed by atoms with E-state index in [4.69, 9.17) is 32.7 Å². The lowest BCUT2D eigenvalue weighted by Gasteiger charge is -2.32. The van der Waals surface area contributed by atoms with Gasteiger partial charge in [-0.15, -0.1) is 0 Å². The van der Waals surface area contributed by atoms with Crippen LogP contribution in [-0.4, -0.2) is 53.9 Å². The van der Waals surface area contributed by atoms with E-state index in [0.717, 1.165) is 12.8 Å². The Hall–Kier alpha value is -2.06. The van der Waals surface area contributed by atoms with Crippen LogP contribution in [0.2, 0.25) is 10.0 Å². The Labute approximate surface area is 196 Å². The maximum absolute atomic E-state index is 13.5. The van der Waals surface area contributed by atoms with Crippen LogP contribution in [0.3, 0.4) is 0 Å². The van der Waals surface area contributed by atoms with Crippen molar-refractivity contribution in [2.75, 3.05) is 26.9 Å². The van der Waals surface area contributed by atoms with E-state index in [0.29, 0.717) is 63.3 Å². The Kier molecular flexibility index (Phi) is 6.81. The first-order chi connectivity index (χ1) is 15.3. The minimum absolute atomic E-state index is 0.0877. The van der Waals surface area contributed by atoms with Crippen molar-refractivity contribution in [3.05, 3.63) is 60.5 Å². The number of hydrogen-bond donors (Lipinski definition) is 2. The number of methoxy groups -OCH3 is 1. The number of pyridine rings is 1. The summed E-state index contributed by atoms with van der Waals surface area (Å²) in [4.78, 5) is 30.4. The average Bonchev–Trinajstić information content (AvgIpc) is 3.29. The number of amides is 1. The number of fused-ring (bicyclic) bond motifs is 1. The molecule has 2 atom stereocenters. The maximum atomic E-state index is 13.5. The summed E-state index contributed by atoms with van der Waals surface area (Å²) in [7, 11) is 1.49. The minimum Gasteiger partial charge on any atom is -0.496 e. The van der Waals surface area contributed by atoms with Gasteiger partial charge in [0.25, 0.3) is 11.5 Å². The van der Waals surface area contributed by atoms with Crippen LogP contribution in [0.5, 0.6) is 5.75 Å². The van der Waals surface area contributed by atoms with Crippen LogP contribution >= 0.6 is 23.2 Å². The van der Waals surface area contributed by atoms with Crippen molar-refractivity contribution >= 4 is 29.1 Å². The second kappa shape index (κ2) is 9.43. The molecule has 0 spiro atoms. The summed E-state index contributed by atoms with van der Waals surface area (Å²) < 4.78 is 11.1. The quantitative estimate of drug-likeness (QED) is 0.660. The number of nitrogens with zero attached hydrogens (tertiary/aromatic N) is 1. The number of H-pyrrole nitrogens is 1. The molecule has 9 heteroatoms. The number of carbonyl (C=O) groups excluding carboxylic acids is 1. The van der Waals surface area contributed by atoms with Crippen LogP contribution in [0.4, 0.5) is 0 Å². The van der Waals surface area contributed by atoms with Crippen LogP contribution in [-0.2, 0) is 17.7 Å². The zero-order valence-corrected chi connectivity index (χ0v) is 19.6. The van der Waals surface area contributed by atoms with Gasteiger partial charge in [0.15, 0.2) is 0 Å². The number of aliphatic hydroxyl groups excluding tert-OH is 1. The van der Waals surface area contributed by atoms with Crippen molar-refractivity contribution in [1.82, 2.24) is 9.88 Å². The molecule has 2 aliphatic rings. The summed E-state index contributed by atoms with van der Waals surface area (Å²) in [6, 6.07) is 3.48. The first-order valence-electron chi connectivity index (χ1n) is 10.6. The van der Waals surface area contributed by atoms with Gasteiger partial charge in [-0.05, 0) is 49.4 Å². The molecule has 32 heavy (non-hydrogen) atoms. The van der Waals surface area contributed by atoms with Crippen molar-refractivity contribution in [2.45, 2.75) is 44.8 Å². The predicted octanol–water partition coefficient (Wildman–Crippen LogP) is 3.45. The molecule has 1 aromatic heterocycles. The van der Waals surface area contributed by atoms with Gasteiger partial charge < -0.3 is 24.5 Å². The monoisotopic (exact) mass is 480 g/mol. The Morgan fingerprint density at radius 3 is 2.78 bits per heavy atom. The van der Waals surface area contributed by atoms with Gasteiger partial charge in [-0.25, -0.2) is 0 Å². The molecule has 1 fully saturated rings. The highest BCUT2D eigenvalue weighted by Crippen LogP contribution is 2.41. The number of aromatic amines is 1. The lowest BCUT2D eigenvalue weighted by atomic mass is 9.87. The zero-order chi connectivity index (χ0) is 23.0. The number of aromatic nitrogens is 1. The maximum Gasteiger partial charge on any atom is 0.256 e. The van der Waals surface area contributed by atoms with Gasteiger partial charge in [0.2, 0.25) is 0 Å². The van der Waals surface area contributed by atoms with E-state index in [-0.39, 0.29) is 36.6 Å². The van der Waals surface area contributed by atoms with Gasteiger partial charge >= 0.3 is 0 Å². The average molecular weight is 481 g/mol. The van der Waals surface area contributed by atoms with Crippen LogP contribution in [0, 0.1) is 6.92 Å². The summed E-state index contributed by atoms with van der Waals surface area (Å²) in [5.74, 6) is -0.233. The Morgan fingerprint density at radius 1 is 1.34 bits per heavy atom. The van der Waals surface area contributed by atoms with Crippen LogP contribution in [0.1, 0.15) is 51.5 Å². The lowest BCUT2D eigenvalue weighted by Crippen LogP contribution is -2.39. The molecule has 1 aromatic carbocycles. The summed E-state index contributed by atoms with van der Waals surface area (Å²) in [6.45, 7) is 2.73. The fourth-order valence-corrected chi connectivity index (χ4v) is 5.32. The smallest absolute Gasteiger partial charge is 0.256 e. The molecule has 0 radical (unpaired) electrons. The standard InChI is InChI=1S/C23H26Cl2N2O5/c1-12-8-19(31-2)15(22(29)26-12)10-27-6-5-13-17(24)9-14(21(25)20(13)23(27)30)16(11-28)18-4-3-7-32-18/h8-9,16,18,28H,3-7,10-11H2,1-2H3,(H,26,29)/t16?,18-/m0/s1. The lowest BCUT2D eigenvalue weighted by molar-refractivity contribution is 0.0665. The number of ether oxygens (including phenoxy) is 2. The van der Waals surface area contributed by atoms with E-state index < -0.39 is 0 Å². The highest BCUT2D eigenvalue weighted by atomic mass is 35.5. The number of aliphatic hydroxyl groups is 1. The van der Waals surface area contributed by atoms with E-state index in [9.17, 15) is 14.7 Å². The van der Waals surface area contributed by atoms with Gasteiger partial charge in [0.05, 0.1) is 42.5 Å². The predicted molar refractivity (Wildman–Crippen MR) is 122 cm³/mol. The number of benzene rings is 1. The number of hydrogen-bond acceptors (Lipinski definition) is 5. The molecule has 2 aromatic rings. The first kappa shape index (κ1) is 23.1. The van der Waals surface area contributed by atoms with Gasteiger partial charge in [-0.1, -0.05) is 23.2 Å². The van der Waals surface area contributed by atoms with E-state index in [1.807, 2.05) is 0 Å². The highest BCUT2D eigenvalue weighted by molar-refractivity contribution is 6.37. The second-order valence-corrected chi connectivity index (χ2v) is 9.05. The van der Waals surface area contributed by atoms with Crippen LogP contribution in [0.25, 0.3) is 0 Å². The molecule has 0 bridgehead atoms. The number of nitrogens with one attached hydrogen (secondary N) is 1. The first-order valence-corrected chi connectivity index (χ1v) is 11.4. The molecule has 1 unspecified atom stereocenters. The third-order valence-electron chi connectivity index (χ3n) is 6.29. The minimum atomic E-state index is -0.365. The zero-order valence-electron chi connectivity index (χ0n) is 18.0. The van der Waals surface area contributed by atoms with Crippen LogP contribution in [0.15, 0.2) is 16.9 Å². The molecule has 3 heterocycles. The molecular weight excluding hydrogens is 455 g/mol. The Morgan fingerprint density at radius 2 is 2.12 bits per heavy atom. The van der Waals surface area contributed by atoms with Gasteiger partial charge in [-0.3, -0.25) is 9.59 Å². The molecule has 2 aliphatic heterocycles. The Bertz CT molecular complexity index is 1090. The normalized spacial score (nSPS) is 19.2. The largest absolute Gasteiger partial charge is 0.496 e. The number of rotatable bonds is 6. The molecule has 7 nitrogen and oxygen atoms in total. The van der Waals surface area contributed by atoms with Crippen molar-refractivity contribution in [3.63, 3.8) is 0 Å². The molecule has 0 saturated carbocycles. The van der Waals surface area contributed by atoms with E-state index in [1.165, 1.54) is 7.11 Å². The van der Waals surface area contributed by atoms with E-state index >= 15 is 0 Å². The molecule has 0 aliphatic carbocycles. The molecule has 4 rings (SSSR count). The summed E-state index contributed by atoms with van der Waals surface area (Å²) in [5.41, 5.74) is 2.40. The van der Waals surface area contributed by atoms with E-state index in [2.05, 4.69) is 4.98 Å². The summed E-state index contributed by atoms with van der Waals surface area (Å²) in [6.07, 6.45) is 2.07. The van der Waals surface area contributed by atoms with Gasteiger partial charge in [0, 0.05) is 29.8 Å². The SMILES string of the molecule is COc1cc(C)[nH]c(=O)c1CN1CCc2c(Cl)cc(C(CO)[C@@H]3CCCO3)c(Cl)c2C1=O. The molecule has 1 saturated heterocycles. The Balaban J connectivity index is 1.71. The molecule has 2 N–H and O–H groups in total. The van der Waals surface area contributed by atoms with Crippen LogP contribution < -0.4 is 10.3 Å². The molecular formula is C23H26Cl2N2O5. The number of carbonyl (C=O) groups is 1.